The van der Waals surface area contributed by atoms with Gasteiger partial charge in [0.25, 0.3) is 5.91 Å². The number of fused-ring (bicyclic) bond motifs is 1. The van der Waals surface area contributed by atoms with Gasteiger partial charge in [-0.25, -0.2) is 8.78 Å². The first-order valence-corrected chi connectivity index (χ1v) is 8.63. The van der Waals surface area contributed by atoms with Gasteiger partial charge in [0.05, 0.1) is 12.2 Å². The van der Waals surface area contributed by atoms with E-state index in [4.69, 9.17) is 9.52 Å². The van der Waals surface area contributed by atoms with Gasteiger partial charge in [0, 0.05) is 24.3 Å². The van der Waals surface area contributed by atoms with E-state index in [1.807, 2.05) is 6.07 Å². The van der Waals surface area contributed by atoms with Crippen LogP contribution in [0.3, 0.4) is 0 Å². The first kappa shape index (κ1) is 17.9. The van der Waals surface area contributed by atoms with Gasteiger partial charge in [-0.3, -0.25) is 4.79 Å². The van der Waals surface area contributed by atoms with Crippen LogP contribution >= 0.6 is 0 Å². The Morgan fingerprint density at radius 3 is 2.92 bits per heavy atom. The molecule has 1 saturated carbocycles. The van der Waals surface area contributed by atoms with Crippen LogP contribution in [0.25, 0.3) is 11.0 Å². The molecule has 0 radical (unpaired) electrons. The van der Waals surface area contributed by atoms with Crippen molar-refractivity contribution in [1.82, 2.24) is 5.32 Å². The first-order chi connectivity index (χ1) is 11.8. The Hall–Kier alpha value is -1.95. The highest BCUT2D eigenvalue weighted by molar-refractivity contribution is 6.07. The SMILES string of the molecule is Cc1oc2ccc(C3CCCC(F)(F)C3)cc2c1C(=O)NC(C)CO. The Morgan fingerprint density at radius 1 is 1.48 bits per heavy atom. The summed E-state index contributed by atoms with van der Waals surface area (Å²) < 4.78 is 33.1. The van der Waals surface area contributed by atoms with Crippen LogP contribution in [-0.4, -0.2) is 29.6 Å². The molecule has 1 fully saturated rings. The number of benzene rings is 1. The van der Waals surface area contributed by atoms with Gasteiger partial charge in [0.1, 0.15) is 11.3 Å². The van der Waals surface area contributed by atoms with E-state index in [9.17, 15) is 13.6 Å². The number of carbonyl (C=O) groups is 1. The molecule has 1 aromatic heterocycles. The number of aryl methyl sites for hydroxylation is 1. The average Bonchev–Trinajstić information content (AvgIpc) is 2.88. The van der Waals surface area contributed by atoms with E-state index < -0.39 is 5.92 Å². The maximum atomic E-state index is 13.7. The highest BCUT2D eigenvalue weighted by Gasteiger charge is 2.37. The van der Waals surface area contributed by atoms with Gasteiger partial charge in [-0.1, -0.05) is 6.07 Å². The quantitative estimate of drug-likeness (QED) is 0.870. The van der Waals surface area contributed by atoms with Crippen molar-refractivity contribution in [2.24, 2.45) is 0 Å². The number of nitrogens with one attached hydrogen (secondary N) is 1. The zero-order valence-corrected chi connectivity index (χ0v) is 14.4. The van der Waals surface area contributed by atoms with Crippen molar-refractivity contribution in [1.29, 1.82) is 0 Å². The largest absolute Gasteiger partial charge is 0.461 e. The number of halogens is 2. The van der Waals surface area contributed by atoms with Crippen LogP contribution in [0.2, 0.25) is 0 Å². The molecule has 1 aliphatic carbocycles. The summed E-state index contributed by atoms with van der Waals surface area (Å²) in [7, 11) is 0. The van der Waals surface area contributed by atoms with Crippen molar-refractivity contribution >= 4 is 16.9 Å². The highest BCUT2D eigenvalue weighted by Crippen LogP contribution is 2.42. The number of aliphatic hydroxyl groups excluding tert-OH is 1. The lowest BCUT2D eigenvalue weighted by molar-refractivity contribution is -0.0407. The van der Waals surface area contributed by atoms with E-state index in [1.165, 1.54) is 0 Å². The number of aliphatic hydroxyl groups is 1. The van der Waals surface area contributed by atoms with E-state index in [2.05, 4.69) is 5.32 Å². The average molecular weight is 351 g/mol. The van der Waals surface area contributed by atoms with Crippen molar-refractivity contribution < 1.29 is 23.1 Å². The second-order valence-corrected chi connectivity index (χ2v) is 7.00. The molecule has 0 spiro atoms. The van der Waals surface area contributed by atoms with Crippen molar-refractivity contribution in [2.75, 3.05) is 6.61 Å². The summed E-state index contributed by atoms with van der Waals surface area (Å²) in [5.74, 6) is -2.69. The minimum absolute atomic E-state index is 0.0523. The Kier molecular flexibility index (Phi) is 4.82. The highest BCUT2D eigenvalue weighted by atomic mass is 19.3. The lowest BCUT2D eigenvalue weighted by atomic mass is 9.81. The zero-order chi connectivity index (χ0) is 18.2. The normalized spacial score (nSPS) is 21.2. The molecule has 0 bridgehead atoms. The summed E-state index contributed by atoms with van der Waals surface area (Å²) in [4.78, 5) is 12.5. The number of amides is 1. The second-order valence-electron chi connectivity index (χ2n) is 7.00. The van der Waals surface area contributed by atoms with Gasteiger partial charge in [-0.2, -0.15) is 0 Å². The van der Waals surface area contributed by atoms with Crippen LogP contribution in [0.4, 0.5) is 8.78 Å². The van der Waals surface area contributed by atoms with Crippen molar-refractivity contribution in [3.05, 3.63) is 35.1 Å². The molecule has 1 heterocycles. The standard InChI is InChI=1S/C19H23F2NO3/c1-11(10-23)22-18(24)17-12(2)25-16-6-5-13(8-15(16)17)14-4-3-7-19(20,21)9-14/h5-6,8,11,14,23H,3-4,7,9-10H2,1-2H3,(H,22,24). The van der Waals surface area contributed by atoms with Gasteiger partial charge in [0.15, 0.2) is 0 Å². The zero-order valence-electron chi connectivity index (χ0n) is 14.4. The van der Waals surface area contributed by atoms with Crippen LogP contribution in [-0.2, 0) is 0 Å². The van der Waals surface area contributed by atoms with Crippen molar-refractivity contribution in [3.63, 3.8) is 0 Å². The number of carbonyl (C=O) groups excluding carboxylic acids is 1. The fourth-order valence-electron chi connectivity index (χ4n) is 3.57. The third-order valence-corrected chi connectivity index (χ3v) is 4.88. The maximum Gasteiger partial charge on any atom is 0.255 e. The fourth-order valence-corrected chi connectivity index (χ4v) is 3.57. The molecule has 2 unspecified atom stereocenters. The van der Waals surface area contributed by atoms with Crippen LogP contribution in [0, 0.1) is 6.92 Å². The molecule has 6 heteroatoms. The number of hydrogen-bond donors (Lipinski definition) is 2. The Morgan fingerprint density at radius 2 is 2.24 bits per heavy atom. The molecule has 4 nitrogen and oxygen atoms in total. The summed E-state index contributed by atoms with van der Waals surface area (Å²) in [6.45, 7) is 3.24. The van der Waals surface area contributed by atoms with E-state index >= 15 is 0 Å². The molecule has 3 rings (SSSR count). The van der Waals surface area contributed by atoms with Gasteiger partial charge in [-0.15, -0.1) is 0 Å². The third-order valence-electron chi connectivity index (χ3n) is 4.88. The molecule has 0 saturated heterocycles. The summed E-state index contributed by atoms with van der Waals surface area (Å²) >= 11 is 0. The van der Waals surface area contributed by atoms with E-state index in [1.54, 1.807) is 26.0 Å². The minimum atomic E-state index is -2.62. The van der Waals surface area contributed by atoms with Gasteiger partial charge >= 0.3 is 0 Å². The molecule has 2 N–H and O–H groups in total. The number of alkyl halides is 2. The Bertz CT molecular complexity index is 784. The van der Waals surface area contributed by atoms with Gasteiger partial charge in [0.2, 0.25) is 5.92 Å². The summed E-state index contributed by atoms with van der Waals surface area (Å²) in [5.41, 5.74) is 1.78. The summed E-state index contributed by atoms with van der Waals surface area (Å²) in [6, 6.07) is 4.99. The Labute approximate surface area is 145 Å². The lowest BCUT2D eigenvalue weighted by Gasteiger charge is -2.29. The minimum Gasteiger partial charge on any atom is -0.461 e. The molecule has 25 heavy (non-hydrogen) atoms. The maximum absolute atomic E-state index is 13.7. The Balaban J connectivity index is 1.96. The smallest absolute Gasteiger partial charge is 0.255 e. The molecule has 0 aliphatic heterocycles. The molecule has 2 atom stereocenters. The van der Waals surface area contributed by atoms with E-state index in [0.29, 0.717) is 28.7 Å². The molecule has 1 aliphatic rings. The van der Waals surface area contributed by atoms with E-state index in [-0.39, 0.29) is 37.3 Å². The predicted octanol–water partition coefficient (Wildman–Crippen LogP) is 4.14. The van der Waals surface area contributed by atoms with Crippen LogP contribution in [0.5, 0.6) is 0 Å². The van der Waals surface area contributed by atoms with Crippen LogP contribution in [0.1, 0.15) is 60.2 Å². The molecule has 1 amide bonds. The monoisotopic (exact) mass is 351 g/mol. The van der Waals surface area contributed by atoms with E-state index in [0.717, 1.165) is 12.0 Å². The molecule has 136 valence electrons. The summed E-state index contributed by atoms with van der Waals surface area (Å²) in [5, 5.41) is 12.5. The first-order valence-electron chi connectivity index (χ1n) is 8.63. The predicted molar refractivity (Wildman–Crippen MR) is 91.1 cm³/mol. The van der Waals surface area contributed by atoms with Gasteiger partial charge in [-0.05, 0) is 50.3 Å². The lowest BCUT2D eigenvalue weighted by Crippen LogP contribution is -2.35. The molecule has 1 aromatic carbocycles. The third kappa shape index (κ3) is 3.68. The molecular weight excluding hydrogens is 328 g/mol. The topological polar surface area (TPSA) is 62.5 Å². The summed E-state index contributed by atoms with van der Waals surface area (Å²) in [6.07, 6.45) is 1.02. The van der Waals surface area contributed by atoms with Crippen LogP contribution < -0.4 is 5.32 Å². The second kappa shape index (κ2) is 6.75. The molecule has 2 aromatic rings. The van der Waals surface area contributed by atoms with Crippen LogP contribution in [0.15, 0.2) is 22.6 Å². The number of furan rings is 1. The van der Waals surface area contributed by atoms with Crippen molar-refractivity contribution in [3.8, 4) is 0 Å². The number of hydrogen-bond acceptors (Lipinski definition) is 3. The fraction of sp³-hybridized carbons (Fsp3) is 0.526. The molecular formula is C19H23F2NO3. The van der Waals surface area contributed by atoms with Crippen molar-refractivity contribution in [2.45, 2.75) is 57.4 Å². The number of rotatable bonds is 4. The van der Waals surface area contributed by atoms with Gasteiger partial charge < -0.3 is 14.8 Å².